The SMILES string of the molecule is CC(C)(C)C1C=CC(c2ccc(-c3ccc(-n4nc5ccc(N(c6ccccc6)c6ccccc6)cc5n4)cc3)cc2)=CCC1. The highest BCUT2D eigenvalue weighted by atomic mass is 15.5. The molecule has 0 fully saturated rings. The van der Waals surface area contributed by atoms with Gasteiger partial charge in [-0.15, -0.1) is 10.2 Å². The van der Waals surface area contributed by atoms with Gasteiger partial charge in [0.2, 0.25) is 0 Å². The number of fused-ring (bicyclic) bond motifs is 1. The summed E-state index contributed by atoms with van der Waals surface area (Å²) in [5.41, 5.74) is 11.1. The van der Waals surface area contributed by atoms with Crippen molar-refractivity contribution in [2.75, 3.05) is 4.90 Å². The van der Waals surface area contributed by atoms with Crippen LogP contribution in [0.2, 0.25) is 0 Å². The summed E-state index contributed by atoms with van der Waals surface area (Å²) in [5.74, 6) is 0.603. The minimum atomic E-state index is 0.295. The smallest absolute Gasteiger partial charge is 0.115 e. The number of nitrogens with zero attached hydrogens (tertiary/aromatic N) is 4. The van der Waals surface area contributed by atoms with Gasteiger partial charge in [0, 0.05) is 17.1 Å². The topological polar surface area (TPSA) is 34.0 Å². The molecule has 0 amide bonds. The lowest BCUT2D eigenvalue weighted by molar-refractivity contribution is 0.280. The van der Waals surface area contributed by atoms with E-state index in [1.807, 2.05) is 18.2 Å². The van der Waals surface area contributed by atoms with Gasteiger partial charge < -0.3 is 4.90 Å². The van der Waals surface area contributed by atoms with Crippen molar-refractivity contribution < 1.29 is 0 Å². The first-order valence-electron chi connectivity index (χ1n) is 15.8. The minimum Gasteiger partial charge on any atom is -0.310 e. The fraction of sp³-hybridized carbons (Fsp3) is 0.171. The molecule has 1 aromatic heterocycles. The van der Waals surface area contributed by atoms with Gasteiger partial charge in [-0.1, -0.05) is 112 Å². The molecule has 0 spiro atoms. The average molecular weight is 587 g/mol. The zero-order valence-corrected chi connectivity index (χ0v) is 26.1. The molecule has 1 unspecified atom stereocenters. The summed E-state index contributed by atoms with van der Waals surface area (Å²) in [6.07, 6.45) is 9.43. The summed E-state index contributed by atoms with van der Waals surface area (Å²) < 4.78 is 0. The Morgan fingerprint density at radius 3 is 1.82 bits per heavy atom. The molecule has 0 saturated heterocycles. The minimum absolute atomic E-state index is 0.295. The number of hydrogen-bond donors (Lipinski definition) is 0. The van der Waals surface area contributed by atoms with Crippen LogP contribution in [0.3, 0.4) is 0 Å². The van der Waals surface area contributed by atoms with Crippen molar-refractivity contribution in [3.05, 3.63) is 151 Å². The van der Waals surface area contributed by atoms with Gasteiger partial charge in [-0.25, -0.2) is 0 Å². The summed E-state index contributed by atoms with van der Waals surface area (Å²) in [7, 11) is 0. The summed E-state index contributed by atoms with van der Waals surface area (Å²) in [4.78, 5) is 3.97. The van der Waals surface area contributed by atoms with Crippen LogP contribution in [0.5, 0.6) is 0 Å². The summed E-state index contributed by atoms with van der Waals surface area (Å²) >= 11 is 0. The maximum absolute atomic E-state index is 4.87. The Labute approximate surface area is 266 Å². The quantitative estimate of drug-likeness (QED) is 0.195. The predicted molar refractivity (Wildman–Crippen MR) is 188 cm³/mol. The van der Waals surface area contributed by atoms with Crippen LogP contribution in [-0.2, 0) is 0 Å². The zero-order chi connectivity index (χ0) is 30.8. The number of hydrogen-bond acceptors (Lipinski definition) is 3. The molecule has 4 heteroatoms. The second-order valence-corrected chi connectivity index (χ2v) is 12.9. The Bertz CT molecular complexity index is 1920. The van der Waals surface area contributed by atoms with Gasteiger partial charge in [0.05, 0.1) is 5.69 Å². The van der Waals surface area contributed by atoms with Crippen molar-refractivity contribution in [1.29, 1.82) is 0 Å². The molecule has 4 nitrogen and oxygen atoms in total. The number of para-hydroxylation sites is 2. The van der Waals surface area contributed by atoms with Crippen molar-refractivity contribution in [2.24, 2.45) is 11.3 Å². The summed E-state index contributed by atoms with van der Waals surface area (Å²) in [6, 6.07) is 44.5. The van der Waals surface area contributed by atoms with Gasteiger partial charge in [0.25, 0.3) is 0 Å². The number of allylic oxidation sites excluding steroid dienone is 4. The fourth-order valence-electron chi connectivity index (χ4n) is 6.14. The molecule has 7 rings (SSSR count). The number of rotatable bonds is 6. The predicted octanol–water partition coefficient (Wildman–Crippen LogP) is 11.0. The molecule has 0 aliphatic heterocycles. The lowest BCUT2D eigenvalue weighted by Crippen LogP contribution is -2.17. The average Bonchev–Trinajstić information content (AvgIpc) is 3.33. The molecule has 1 atom stereocenters. The first kappa shape index (κ1) is 28.5. The maximum atomic E-state index is 4.87. The molecule has 0 bridgehead atoms. The van der Waals surface area contributed by atoms with Gasteiger partial charge in [-0.2, -0.15) is 4.80 Å². The molecule has 5 aromatic carbocycles. The van der Waals surface area contributed by atoms with E-state index >= 15 is 0 Å². The van der Waals surface area contributed by atoms with Crippen molar-refractivity contribution in [1.82, 2.24) is 15.0 Å². The van der Waals surface area contributed by atoms with E-state index in [4.69, 9.17) is 10.2 Å². The Balaban J connectivity index is 1.12. The van der Waals surface area contributed by atoms with Crippen LogP contribution in [0.4, 0.5) is 17.1 Å². The van der Waals surface area contributed by atoms with E-state index in [-0.39, 0.29) is 0 Å². The van der Waals surface area contributed by atoms with Crippen LogP contribution in [-0.4, -0.2) is 15.0 Å². The first-order valence-corrected chi connectivity index (χ1v) is 15.8. The van der Waals surface area contributed by atoms with Crippen LogP contribution >= 0.6 is 0 Å². The third-order valence-corrected chi connectivity index (χ3v) is 8.76. The molecular formula is C41H38N4. The van der Waals surface area contributed by atoms with Crippen molar-refractivity contribution in [3.63, 3.8) is 0 Å². The molecule has 0 N–H and O–H groups in total. The monoisotopic (exact) mass is 586 g/mol. The van der Waals surface area contributed by atoms with Crippen LogP contribution in [0.15, 0.2) is 146 Å². The molecule has 1 aliphatic carbocycles. The Hall–Kier alpha value is -5.22. The third-order valence-electron chi connectivity index (χ3n) is 8.76. The van der Waals surface area contributed by atoms with Gasteiger partial charge in [0.15, 0.2) is 0 Å². The van der Waals surface area contributed by atoms with E-state index in [9.17, 15) is 0 Å². The standard InChI is InChI=1S/C41H38N4/c1-41(2,3)34-12-10-11-30(21-24-34)31-17-19-32(20-18-31)33-22-25-37(26-23-33)45-42-39-28-27-38(29-40(39)43-45)44(35-13-6-4-7-14-35)36-15-8-5-9-16-36/h4-9,11,13-29,34H,10,12H2,1-3H3. The third kappa shape index (κ3) is 6.09. The molecule has 0 saturated carbocycles. The first-order chi connectivity index (χ1) is 21.9. The molecule has 6 aromatic rings. The van der Waals surface area contributed by atoms with E-state index in [1.54, 1.807) is 4.80 Å². The molecule has 1 aliphatic rings. The fourth-order valence-corrected chi connectivity index (χ4v) is 6.14. The van der Waals surface area contributed by atoms with Crippen LogP contribution < -0.4 is 4.90 Å². The van der Waals surface area contributed by atoms with E-state index in [1.165, 1.54) is 28.7 Å². The lowest BCUT2D eigenvalue weighted by atomic mass is 9.78. The van der Waals surface area contributed by atoms with Gasteiger partial charge >= 0.3 is 0 Å². The van der Waals surface area contributed by atoms with Crippen molar-refractivity contribution in [2.45, 2.75) is 33.6 Å². The highest BCUT2D eigenvalue weighted by molar-refractivity contribution is 5.85. The molecule has 0 radical (unpaired) electrons. The summed E-state index contributed by atoms with van der Waals surface area (Å²) in [5, 5.41) is 9.67. The van der Waals surface area contributed by atoms with E-state index in [2.05, 4.69) is 153 Å². The van der Waals surface area contributed by atoms with E-state index in [0.717, 1.165) is 40.2 Å². The second kappa shape index (κ2) is 12.0. The Morgan fingerprint density at radius 2 is 1.20 bits per heavy atom. The molecule has 222 valence electrons. The lowest BCUT2D eigenvalue weighted by Gasteiger charge is -2.27. The van der Waals surface area contributed by atoms with Crippen LogP contribution in [0.25, 0.3) is 33.4 Å². The van der Waals surface area contributed by atoms with Gasteiger partial charge in [0.1, 0.15) is 11.0 Å². The van der Waals surface area contributed by atoms with Crippen molar-refractivity contribution >= 4 is 33.7 Å². The normalized spacial score (nSPS) is 15.1. The highest BCUT2D eigenvalue weighted by Crippen LogP contribution is 2.36. The highest BCUT2D eigenvalue weighted by Gasteiger charge is 2.22. The van der Waals surface area contributed by atoms with Gasteiger partial charge in [-0.3, -0.25) is 0 Å². The maximum Gasteiger partial charge on any atom is 0.115 e. The number of aromatic nitrogens is 3. The molecule has 1 heterocycles. The number of benzene rings is 5. The second-order valence-electron chi connectivity index (χ2n) is 12.9. The summed E-state index contributed by atoms with van der Waals surface area (Å²) in [6.45, 7) is 7.00. The van der Waals surface area contributed by atoms with E-state index in [0.29, 0.717) is 11.3 Å². The van der Waals surface area contributed by atoms with Crippen LogP contribution in [0, 0.1) is 11.3 Å². The Morgan fingerprint density at radius 1 is 0.622 bits per heavy atom. The zero-order valence-electron chi connectivity index (χ0n) is 26.1. The van der Waals surface area contributed by atoms with Gasteiger partial charge in [-0.05, 0) is 101 Å². The molecule has 45 heavy (non-hydrogen) atoms. The number of anilines is 3. The molecular weight excluding hydrogens is 548 g/mol. The Kier molecular flexibility index (Phi) is 7.64. The van der Waals surface area contributed by atoms with Crippen molar-refractivity contribution in [3.8, 4) is 16.8 Å². The van der Waals surface area contributed by atoms with E-state index < -0.39 is 0 Å². The largest absolute Gasteiger partial charge is 0.310 e. The van der Waals surface area contributed by atoms with Crippen LogP contribution in [0.1, 0.15) is 39.2 Å².